The second-order valence-corrected chi connectivity index (χ2v) is 4.77. The van der Waals surface area contributed by atoms with E-state index in [0.29, 0.717) is 5.41 Å². The summed E-state index contributed by atoms with van der Waals surface area (Å²) in [5.74, 6) is 0. The number of nitrogens with two attached hydrogens (primary N) is 1. The van der Waals surface area contributed by atoms with E-state index in [2.05, 4.69) is 22.2 Å². The normalized spacial score (nSPS) is 18.6. The lowest BCUT2D eigenvalue weighted by Gasteiger charge is -2.42. The zero-order chi connectivity index (χ0) is 11.0. The van der Waals surface area contributed by atoms with Crippen molar-refractivity contribution in [1.29, 1.82) is 0 Å². The molecule has 0 radical (unpaired) electrons. The van der Waals surface area contributed by atoms with Crippen molar-refractivity contribution in [2.45, 2.75) is 31.1 Å². The molecule has 2 aromatic heterocycles. The molecular formula is C13H17N3. The summed E-state index contributed by atoms with van der Waals surface area (Å²) in [6.07, 6.45) is 8.92. The van der Waals surface area contributed by atoms with E-state index in [4.69, 9.17) is 5.73 Å². The van der Waals surface area contributed by atoms with Gasteiger partial charge in [0.25, 0.3) is 0 Å². The molecular weight excluding hydrogens is 198 g/mol. The van der Waals surface area contributed by atoms with E-state index in [9.17, 15) is 0 Å². The Morgan fingerprint density at radius 3 is 3.00 bits per heavy atom. The van der Waals surface area contributed by atoms with Gasteiger partial charge in [-0.05, 0) is 48.9 Å². The Kier molecular flexibility index (Phi) is 2.21. The number of rotatable bonds is 3. The van der Waals surface area contributed by atoms with Crippen molar-refractivity contribution in [3.8, 4) is 0 Å². The SMILES string of the molecule is NCCC1(c2c[nH]c3ncccc23)CCC1. The van der Waals surface area contributed by atoms with Gasteiger partial charge in [-0.1, -0.05) is 6.42 Å². The molecule has 1 fully saturated rings. The van der Waals surface area contributed by atoms with Gasteiger partial charge in [-0.25, -0.2) is 4.98 Å². The molecule has 3 N–H and O–H groups in total. The minimum atomic E-state index is 0.329. The lowest BCUT2D eigenvalue weighted by atomic mass is 9.62. The van der Waals surface area contributed by atoms with Gasteiger partial charge in [0.1, 0.15) is 5.65 Å². The summed E-state index contributed by atoms with van der Waals surface area (Å²) in [6.45, 7) is 0.771. The van der Waals surface area contributed by atoms with E-state index < -0.39 is 0 Å². The fourth-order valence-corrected chi connectivity index (χ4v) is 2.93. The number of hydrogen-bond donors (Lipinski definition) is 2. The largest absolute Gasteiger partial charge is 0.346 e. The minimum Gasteiger partial charge on any atom is -0.346 e. The number of aromatic nitrogens is 2. The molecule has 0 saturated heterocycles. The van der Waals surface area contributed by atoms with Crippen LogP contribution < -0.4 is 5.73 Å². The molecule has 1 saturated carbocycles. The highest BCUT2D eigenvalue weighted by Gasteiger charge is 2.39. The molecule has 0 spiro atoms. The summed E-state index contributed by atoms with van der Waals surface area (Å²) >= 11 is 0. The van der Waals surface area contributed by atoms with E-state index >= 15 is 0 Å². The van der Waals surface area contributed by atoms with Crippen molar-refractivity contribution in [2.75, 3.05) is 6.54 Å². The number of aromatic amines is 1. The van der Waals surface area contributed by atoms with E-state index in [1.807, 2.05) is 12.3 Å². The maximum absolute atomic E-state index is 5.75. The molecule has 3 nitrogen and oxygen atoms in total. The first kappa shape index (κ1) is 9.85. The van der Waals surface area contributed by atoms with Crippen molar-refractivity contribution >= 4 is 11.0 Å². The Bertz CT molecular complexity index is 497. The van der Waals surface area contributed by atoms with E-state index in [1.165, 1.54) is 30.2 Å². The van der Waals surface area contributed by atoms with Gasteiger partial charge in [0.05, 0.1) is 0 Å². The van der Waals surface area contributed by atoms with Gasteiger partial charge >= 0.3 is 0 Å². The van der Waals surface area contributed by atoms with Crippen LogP contribution in [-0.2, 0) is 5.41 Å². The molecule has 3 rings (SSSR count). The minimum absolute atomic E-state index is 0.329. The second-order valence-electron chi connectivity index (χ2n) is 4.77. The average molecular weight is 215 g/mol. The molecule has 1 aliphatic rings. The number of fused-ring (bicyclic) bond motifs is 1. The average Bonchev–Trinajstić information content (AvgIpc) is 2.68. The Morgan fingerprint density at radius 1 is 1.44 bits per heavy atom. The van der Waals surface area contributed by atoms with E-state index in [1.54, 1.807) is 0 Å². The van der Waals surface area contributed by atoms with Gasteiger partial charge in [0.15, 0.2) is 0 Å². The molecule has 3 heteroatoms. The van der Waals surface area contributed by atoms with E-state index in [0.717, 1.165) is 18.6 Å². The quantitative estimate of drug-likeness (QED) is 0.825. The molecule has 84 valence electrons. The molecule has 0 amide bonds. The predicted molar refractivity (Wildman–Crippen MR) is 65.3 cm³/mol. The van der Waals surface area contributed by atoms with Crippen LogP contribution in [0.2, 0.25) is 0 Å². The van der Waals surface area contributed by atoms with Crippen molar-refractivity contribution in [3.63, 3.8) is 0 Å². The van der Waals surface area contributed by atoms with Crippen LogP contribution in [0.25, 0.3) is 11.0 Å². The highest BCUT2D eigenvalue weighted by Crippen LogP contribution is 2.48. The van der Waals surface area contributed by atoms with Gasteiger partial charge in [0.2, 0.25) is 0 Å². The summed E-state index contributed by atoms with van der Waals surface area (Å²) < 4.78 is 0. The van der Waals surface area contributed by atoms with Crippen LogP contribution >= 0.6 is 0 Å². The van der Waals surface area contributed by atoms with Crippen LogP contribution in [0, 0.1) is 0 Å². The lowest BCUT2D eigenvalue weighted by Crippen LogP contribution is -2.36. The summed E-state index contributed by atoms with van der Waals surface area (Å²) in [4.78, 5) is 7.62. The summed E-state index contributed by atoms with van der Waals surface area (Å²) in [5.41, 5.74) is 8.50. The zero-order valence-electron chi connectivity index (χ0n) is 9.37. The van der Waals surface area contributed by atoms with Crippen molar-refractivity contribution < 1.29 is 0 Å². The van der Waals surface area contributed by atoms with Crippen LogP contribution in [0.3, 0.4) is 0 Å². The molecule has 0 atom stereocenters. The smallest absolute Gasteiger partial charge is 0.137 e. The van der Waals surface area contributed by atoms with Crippen molar-refractivity contribution in [3.05, 3.63) is 30.1 Å². The maximum atomic E-state index is 5.75. The Morgan fingerprint density at radius 2 is 2.31 bits per heavy atom. The summed E-state index contributed by atoms with van der Waals surface area (Å²) in [5, 5.41) is 1.27. The van der Waals surface area contributed by atoms with Gasteiger partial charge in [-0.2, -0.15) is 0 Å². The zero-order valence-corrected chi connectivity index (χ0v) is 9.37. The van der Waals surface area contributed by atoms with Crippen LogP contribution in [0.1, 0.15) is 31.2 Å². The van der Waals surface area contributed by atoms with Crippen molar-refractivity contribution in [2.24, 2.45) is 5.73 Å². The second kappa shape index (κ2) is 3.59. The van der Waals surface area contributed by atoms with Crippen molar-refractivity contribution in [1.82, 2.24) is 9.97 Å². The van der Waals surface area contributed by atoms with Crippen LogP contribution in [0.15, 0.2) is 24.5 Å². The van der Waals surface area contributed by atoms with Gasteiger partial charge in [-0.3, -0.25) is 0 Å². The standard InChI is InChI=1S/C13H17N3/c14-7-6-13(4-2-5-13)11-9-16-12-10(11)3-1-8-15-12/h1,3,8-9H,2,4-7,14H2,(H,15,16). The summed E-state index contributed by atoms with van der Waals surface area (Å²) in [7, 11) is 0. The molecule has 2 aromatic rings. The molecule has 2 heterocycles. The fourth-order valence-electron chi connectivity index (χ4n) is 2.93. The fraction of sp³-hybridized carbons (Fsp3) is 0.462. The molecule has 0 aromatic carbocycles. The number of nitrogens with zero attached hydrogens (tertiary/aromatic N) is 1. The number of H-pyrrole nitrogens is 1. The topological polar surface area (TPSA) is 54.7 Å². The molecule has 1 aliphatic carbocycles. The predicted octanol–water partition coefficient (Wildman–Crippen LogP) is 2.33. The Hall–Kier alpha value is -1.35. The third kappa shape index (κ3) is 1.28. The number of pyridine rings is 1. The molecule has 0 bridgehead atoms. The Labute approximate surface area is 95.1 Å². The first-order valence-electron chi connectivity index (χ1n) is 5.98. The molecule has 0 aliphatic heterocycles. The number of nitrogens with one attached hydrogen (secondary N) is 1. The van der Waals surface area contributed by atoms with Gasteiger partial charge in [-0.15, -0.1) is 0 Å². The van der Waals surface area contributed by atoms with Gasteiger partial charge in [0, 0.05) is 17.8 Å². The van der Waals surface area contributed by atoms with Crippen LogP contribution in [-0.4, -0.2) is 16.5 Å². The van der Waals surface area contributed by atoms with E-state index in [-0.39, 0.29) is 0 Å². The van der Waals surface area contributed by atoms with Crippen LogP contribution in [0.5, 0.6) is 0 Å². The van der Waals surface area contributed by atoms with Crippen LogP contribution in [0.4, 0.5) is 0 Å². The van der Waals surface area contributed by atoms with Gasteiger partial charge < -0.3 is 10.7 Å². The first-order chi connectivity index (χ1) is 7.86. The summed E-state index contributed by atoms with van der Waals surface area (Å²) in [6, 6.07) is 4.17. The highest BCUT2D eigenvalue weighted by molar-refractivity contribution is 5.81. The molecule has 0 unspecified atom stereocenters. The highest BCUT2D eigenvalue weighted by atomic mass is 14.8. The third-order valence-corrected chi connectivity index (χ3v) is 3.96. The first-order valence-corrected chi connectivity index (χ1v) is 5.98. The Balaban J connectivity index is 2.10. The maximum Gasteiger partial charge on any atom is 0.137 e. The monoisotopic (exact) mass is 215 g/mol. The lowest BCUT2D eigenvalue weighted by molar-refractivity contribution is 0.231. The third-order valence-electron chi connectivity index (χ3n) is 3.96. The molecule has 16 heavy (non-hydrogen) atoms. The number of hydrogen-bond acceptors (Lipinski definition) is 2.